The smallest absolute Gasteiger partial charge is 0.286 e. The third-order valence-electron chi connectivity index (χ3n) is 2.67. The SMILES string of the molecule is Nc1cccc(OC2=NS(=O)(=O)c3ccccc32)c1. The fourth-order valence-corrected chi connectivity index (χ4v) is 2.98. The van der Waals surface area contributed by atoms with E-state index in [9.17, 15) is 8.42 Å². The summed E-state index contributed by atoms with van der Waals surface area (Å²) in [5.74, 6) is 0.520. The lowest BCUT2D eigenvalue weighted by Gasteiger charge is -2.05. The molecule has 0 saturated heterocycles. The van der Waals surface area contributed by atoms with Gasteiger partial charge in [0.2, 0.25) is 5.90 Å². The van der Waals surface area contributed by atoms with Gasteiger partial charge < -0.3 is 10.5 Å². The van der Waals surface area contributed by atoms with E-state index in [1.807, 2.05) is 0 Å². The summed E-state index contributed by atoms with van der Waals surface area (Å²) in [5, 5.41) is 0. The van der Waals surface area contributed by atoms with Gasteiger partial charge in [-0.1, -0.05) is 18.2 Å². The van der Waals surface area contributed by atoms with E-state index >= 15 is 0 Å². The van der Waals surface area contributed by atoms with Crippen LogP contribution in [0.3, 0.4) is 0 Å². The highest BCUT2D eigenvalue weighted by molar-refractivity contribution is 7.90. The Bertz CT molecular complexity index is 782. The molecule has 19 heavy (non-hydrogen) atoms. The first kappa shape index (κ1) is 11.7. The zero-order chi connectivity index (χ0) is 13.5. The average molecular weight is 274 g/mol. The summed E-state index contributed by atoms with van der Waals surface area (Å²) in [6, 6.07) is 13.3. The standard InChI is InChI=1S/C13H10N2O3S/c14-9-4-3-5-10(8-9)18-13-11-6-1-2-7-12(11)19(16,17)15-13/h1-8H,14H2. The van der Waals surface area contributed by atoms with Crippen molar-refractivity contribution in [2.24, 2.45) is 4.40 Å². The van der Waals surface area contributed by atoms with Crippen LogP contribution in [0.25, 0.3) is 0 Å². The van der Waals surface area contributed by atoms with Gasteiger partial charge in [-0.05, 0) is 24.3 Å². The maximum Gasteiger partial charge on any atom is 0.286 e. The number of rotatable bonds is 1. The van der Waals surface area contributed by atoms with Crippen LogP contribution in [-0.4, -0.2) is 14.3 Å². The molecule has 1 heterocycles. The number of anilines is 1. The van der Waals surface area contributed by atoms with Gasteiger partial charge in [-0.3, -0.25) is 0 Å². The number of nitrogens with zero attached hydrogens (tertiary/aromatic N) is 1. The third kappa shape index (κ3) is 2.06. The molecule has 6 heteroatoms. The first-order valence-corrected chi connectivity index (χ1v) is 6.98. The topological polar surface area (TPSA) is 81.8 Å². The van der Waals surface area contributed by atoms with Crippen LogP contribution in [-0.2, 0) is 10.0 Å². The molecule has 0 aromatic heterocycles. The Balaban J connectivity index is 2.04. The van der Waals surface area contributed by atoms with E-state index in [0.717, 1.165) is 0 Å². The van der Waals surface area contributed by atoms with Crippen LogP contribution in [0.15, 0.2) is 57.8 Å². The molecular weight excluding hydrogens is 264 g/mol. The Hall–Kier alpha value is -2.34. The Labute approximate surface area is 110 Å². The first-order valence-electron chi connectivity index (χ1n) is 5.54. The Kier molecular flexibility index (Phi) is 2.53. The second-order valence-electron chi connectivity index (χ2n) is 4.04. The van der Waals surface area contributed by atoms with Gasteiger partial charge in [0.25, 0.3) is 10.0 Å². The maximum absolute atomic E-state index is 11.8. The summed E-state index contributed by atoms with van der Waals surface area (Å²) in [6.45, 7) is 0. The van der Waals surface area contributed by atoms with Gasteiger partial charge in [-0.2, -0.15) is 8.42 Å². The zero-order valence-corrected chi connectivity index (χ0v) is 10.6. The van der Waals surface area contributed by atoms with Crippen LogP contribution in [0.1, 0.15) is 5.56 Å². The van der Waals surface area contributed by atoms with E-state index in [1.165, 1.54) is 6.07 Å². The number of hydrogen-bond acceptors (Lipinski definition) is 4. The van der Waals surface area contributed by atoms with Crippen molar-refractivity contribution in [2.75, 3.05) is 5.73 Å². The van der Waals surface area contributed by atoms with E-state index in [0.29, 0.717) is 17.0 Å². The fourth-order valence-electron chi connectivity index (χ4n) is 1.84. The molecule has 0 unspecified atom stereocenters. The molecule has 0 fully saturated rings. The summed E-state index contributed by atoms with van der Waals surface area (Å²) in [6.07, 6.45) is 0. The largest absolute Gasteiger partial charge is 0.438 e. The van der Waals surface area contributed by atoms with E-state index in [2.05, 4.69) is 4.40 Å². The molecule has 3 rings (SSSR count). The predicted octanol–water partition coefficient (Wildman–Crippen LogP) is 1.80. The average Bonchev–Trinajstić information content (AvgIpc) is 2.62. The molecule has 1 aliphatic rings. The van der Waals surface area contributed by atoms with Gasteiger partial charge >= 0.3 is 0 Å². The van der Waals surface area contributed by atoms with Gasteiger partial charge in [-0.25, -0.2) is 0 Å². The molecule has 0 bridgehead atoms. The number of benzene rings is 2. The Morgan fingerprint density at radius 1 is 1.05 bits per heavy atom. The van der Waals surface area contributed by atoms with E-state index in [-0.39, 0.29) is 10.8 Å². The molecule has 5 nitrogen and oxygen atoms in total. The molecular formula is C13H10N2O3S. The molecule has 2 aromatic carbocycles. The van der Waals surface area contributed by atoms with Gasteiger partial charge in [0.05, 0.1) is 5.56 Å². The minimum Gasteiger partial charge on any atom is -0.438 e. The zero-order valence-electron chi connectivity index (χ0n) is 9.78. The van der Waals surface area contributed by atoms with Gasteiger partial charge in [0, 0.05) is 11.8 Å². The van der Waals surface area contributed by atoms with Gasteiger partial charge in [0.1, 0.15) is 10.6 Å². The molecule has 1 aliphatic heterocycles. The third-order valence-corrected chi connectivity index (χ3v) is 3.99. The predicted molar refractivity (Wildman–Crippen MR) is 71.6 cm³/mol. The van der Waals surface area contributed by atoms with Gasteiger partial charge in [0.15, 0.2) is 0 Å². The fraction of sp³-hybridized carbons (Fsp3) is 0. The molecule has 0 amide bonds. The lowest BCUT2D eigenvalue weighted by molar-refractivity contribution is 0.554. The molecule has 0 spiro atoms. The van der Waals surface area contributed by atoms with Crippen molar-refractivity contribution in [1.29, 1.82) is 0 Å². The number of nitrogens with two attached hydrogens (primary N) is 1. The van der Waals surface area contributed by atoms with Crippen LogP contribution in [0.4, 0.5) is 5.69 Å². The van der Waals surface area contributed by atoms with Crippen molar-refractivity contribution in [2.45, 2.75) is 4.90 Å². The quantitative estimate of drug-likeness (QED) is 0.804. The molecule has 96 valence electrons. The van der Waals surface area contributed by atoms with Crippen LogP contribution < -0.4 is 10.5 Å². The van der Waals surface area contributed by atoms with Crippen molar-refractivity contribution >= 4 is 21.6 Å². The van der Waals surface area contributed by atoms with Crippen LogP contribution >= 0.6 is 0 Å². The van der Waals surface area contributed by atoms with Crippen molar-refractivity contribution in [3.63, 3.8) is 0 Å². The second-order valence-corrected chi connectivity index (χ2v) is 5.61. The highest BCUT2D eigenvalue weighted by Gasteiger charge is 2.29. The number of ether oxygens (including phenoxy) is 1. The summed E-state index contributed by atoms with van der Waals surface area (Å²) < 4.78 is 32.8. The van der Waals surface area contributed by atoms with Crippen molar-refractivity contribution in [3.05, 3.63) is 54.1 Å². The summed E-state index contributed by atoms with van der Waals surface area (Å²) in [7, 11) is -3.65. The first-order chi connectivity index (χ1) is 9.06. The van der Waals surface area contributed by atoms with Crippen molar-refractivity contribution < 1.29 is 13.2 Å². The summed E-state index contributed by atoms with van der Waals surface area (Å²) >= 11 is 0. The monoisotopic (exact) mass is 274 g/mol. The van der Waals surface area contributed by atoms with Crippen LogP contribution in [0.5, 0.6) is 5.75 Å². The molecule has 2 aromatic rings. The van der Waals surface area contributed by atoms with Crippen LogP contribution in [0, 0.1) is 0 Å². The maximum atomic E-state index is 11.8. The minimum atomic E-state index is -3.65. The Morgan fingerprint density at radius 2 is 1.84 bits per heavy atom. The number of nitrogen functional groups attached to an aromatic ring is 1. The van der Waals surface area contributed by atoms with Gasteiger partial charge in [-0.15, -0.1) is 4.40 Å². The van der Waals surface area contributed by atoms with E-state index < -0.39 is 10.0 Å². The van der Waals surface area contributed by atoms with Crippen molar-refractivity contribution in [1.82, 2.24) is 0 Å². The second kappa shape index (κ2) is 4.10. The molecule has 0 aliphatic carbocycles. The van der Waals surface area contributed by atoms with E-state index in [4.69, 9.17) is 10.5 Å². The summed E-state index contributed by atoms with van der Waals surface area (Å²) in [4.78, 5) is 0.161. The van der Waals surface area contributed by atoms with Crippen LogP contribution in [0.2, 0.25) is 0 Å². The molecule has 0 saturated carbocycles. The number of fused-ring (bicyclic) bond motifs is 1. The minimum absolute atomic E-state index is 0.0706. The number of sulfonamides is 1. The lowest BCUT2D eigenvalue weighted by atomic mass is 10.2. The molecule has 2 N–H and O–H groups in total. The highest BCUT2D eigenvalue weighted by atomic mass is 32.2. The lowest BCUT2D eigenvalue weighted by Crippen LogP contribution is -2.07. The molecule has 0 radical (unpaired) electrons. The normalized spacial score (nSPS) is 15.7. The summed E-state index contributed by atoms with van der Waals surface area (Å²) in [5.41, 5.74) is 6.64. The van der Waals surface area contributed by atoms with Crippen molar-refractivity contribution in [3.8, 4) is 5.75 Å². The molecule has 0 atom stereocenters. The highest BCUT2D eigenvalue weighted by Crippen LogP contribution is 2.27. The number of hydrogen-bond donors (Lipinski definition) is 1. The van der Waals surface area contributed by atoms with E-state index in [1.54, 1.807) is 42.5 Å². The Morgan fingerprint density at radius 3 is 2.63 bits per heavy atom.